The number of pyridine rings is 1. The van der Waals surface area contributed by atoms with E-state index in [2.05, 4.69) is 4.98 Å². The fourth-order valence-corrected chi connectivity index (χ4v) is 2.15. The number of nitrogen functional groups attached to an aromatic ring is 1. The summed E-state index contributed by atoms with van der Waals surface area (Å²) in [5, 5.41) is 0. The van der Waals surface area contributed by atoms with Gasteiger partial charge in [0.2, 0.25) is 0 Å². The molecule has 1 aromatic heterocycles. The van der Waals surface area contributed by atoms with Crippen LogP contribution in [-0.2, 0) is 0 Å². The molecule has 4 nitrogen and oxygen atoms in total. The van der Waals surface area contributed by atoms with Crippen molar-refractivity contribution >= 4 is 11.6 Å². The summed E-state index contributed by atoms with van der Waals surface area (Å²) in [6.45, 7) is 0.0146. The molecule has 19 heavy (non-hydrogen) atoms. The van der Waals surface area contributed by atoms with Gasteiger partial charge in [0.05, 0.1) is 5.92 Å². The Kier molecular flexibility index (Phi) is 3.64. The highest BCUT2D eigenvalue weighted by Crippen LogP contribution is 2.33. The largest absolute Gasteiger partial charge is 0.399 e. The first-order valence-corrected chi connectivity index (χ1v) is 5.95. The molecule has 1 saturated heterocycles. The zero-order chi connectivity index (χ0) is 14.0. The van der Waals surface area contributed by atoms with Gasteiger partial charge in [-0.1, -0.05) is 0 Å². The molecule has 0 aliphatic carbocycles. The molecule has 1 aliphatic rings. The van der Waals surface area contributed by atoms with E-state index in [9.17, 15) is 18.0 Å². The van der Waals surface area contributed by atoms with Gasteiger partial charge in [0.15, 0.2) is 0 Å². The van der Waals surface area contributed by atoms with Crippen LogP contribution >= 0.6 is 0 Å². The van der Waals surface area contributed by atoms with Crippen LogP contribution in [-0.4, -0.2) is 35.1 Å². The van der Waals surface area contributed by atoms with Crippen molar-refractivity contribution in [3.8, 4) is 0 Å². The van der Waals surface area contributed by atoms with Crippen molar-refractivity contribution in [2.75, 3.05) is 18.8 Å². The van der Waals surface area contributed by atoms with Crippen LogP contribution in [0.3, 0.4) is 0 Å². The maximum absolute atomic E-state index is 12.7. The Balaban J connectivity index is 2.11. The molecule has 2 heterocycles. The first-order chi connectivity index (χ1) is 8.88. The second kappa shape index (κ2) is 5.07. The molecule has 0 spiro atoms. The molecule has 1 unspecified atom stereocenters. The highest BCUT2D eigenvalue weighted by Gasteiger charge is 2.42. The summed E-state index contributed by atoms with van der Waals surface area (Å²) >= 11 is 0. The van der Waals surface area contributed by atoms with E-state index in [-0.39, 0.29) is 18.7 Å². The van der Waals surface area contributed by atoms with Gasteiger partial charge >= 0.3 is 6.18 Å². The van der Waals surface area contributed by atoms with Gasteiger partial charge in [-0.2, -0.15) is 13.2 Å². The Hall–Kier alpha value is -1.79. The number of aromatic nitrogens is 1. The van der Waals surface area contributed by atoms with Crippen molar-refractivity contribution in [1.82, 2.24) is 9.88 Å². The Morgan fingerprint density at radius 2 is 2.21 bits per heavy atom. The van der Waals surface area contributed by atoms with E-state index in [1.807, 2.05) is 0 Å². The standard InChI is InChI=1S/C12H14F3N3O/c13-12(14,15)8-2-1-5-18(7-8)11(19)10-6-9(16)3-4-17-10/h3-4,6,8H,1-2,5,7H2,(H2,16,17). The molecule has 2 rings (SSSR count). The highest BCUT2D eigenvalue weighted by molar-refractivity contribution is 5.93. The van der Waals surface area contributed by atoms with Gasteiger partial charge in [-0.05, 0) is 25.0 Å². The van der Waals surface area contributed by atoms with Gasteiger partial charge in [-0.25, -0.2) is 0 Å². The van der Waals surface area contributed by atoms with Crippen LogP contribution in [0.4, 0.5) is 18.9 Å². The molecule has 1 aliphatic heterocycles. The topological polar surface area (TPSA) is 59.2 Å². The molecule has 1 aromatic rings. The summed E-state index contributed by atoms with van der Waals surface area (Å²) in [4.78, 5) is 17.1. The third-order valence-corrected chi connectivity index (χ3v) is 3.17. The summed E-state index contributed by atoms with van der Waals surface area (Å²) in [5.74, 6) is -1.95. The number of alkyl halides is 3. The quantitative estimate of drug-likeness (QED) is 0.852. The zero-order valence-electron chi connectivity index (χ0n) is 10.2. The number of amides is 1. The maximum Gasteiger partial charge on any atom is 0.393 e. The van der Waals surface area contributed by atoms with Gasteiger partial charge in [-0.15, -0.1) is 0 Å². The number of nitrogens with two attached hydrogens (primary N) is 1. The molecule has 1 atom stereocenters. The van der Waals surface area contributed by atoms with Crippen molar-refractivity contribution in [1.29, 1.82) is 0 Å². The summed E-state index contributed by atoms with van der Waals surface area (Å²) in [7, 11) is 0. The van der Waals surface area contributed by atoms with Crippen LogP contribution in [0, 0.1) is 5.92 Å². The normalized spacial score (nSPS) is 20.4. The number of hydrogen-bond donors (Lipinski definition) is 1. The minimum atomic E-state index is -4.26. The van der Waals surface area contributed by atoms with Crippen LogP contribution < -0.4 is 5.73 Å². The molecule has 0 saturated carbocycles. The second-order valence-electron chi connectivity index (χ2n) is 4.61. The van der Waals surface area contributed by atoms with Crippen LogP contribution in [0.2, 0.25) is 0 Å². The molecule has 0 aromatic carbocycles. The predicted molar refractivity (Wildman–Crippen MR) is 63.3 cm³/mol. The number of piperidine rings is 1. The van der Waals surface area contributed by atoms with Gasteiger partial charge in [0, 0.05) is 25.0 Å². The average molecular weight is 273 g/mol. The molecule has 104 valence electrons. The number of halogens is 3. The van der Waals surface area contributed by atoms with Crippen molar-refractivity contribution in [3.63, 3.8) is 0 Å². The summed E-state index contributed by atoms with van der Waals surface area (Å²) in [5.41, 5.74) is 5.98. The second-order valence-corrected chi connectivity index (χ2v) is 4.61. The van der Waals surface area contributed by atoms with E-state index in [1.165, 1.54) is 23.2 Å². The third-order valence-electron chi connectivity index (χ3n) is 3.17. The molecule has 1 amide bonds. The van der Waals surface area contributed by atoms with Gasteiger partial charge in [0.25, 0.3) is 5.91 Å². The number of nitrogens with zero attached hydrogens (tertiary/aromatic N) is 2. The smallest absolute Gasteiger partial charge is 0.393 e. The Labute approximate surface area is 108 Å². The van der Waals surface area contributed by atoms with Crippen molar-refractivity contribution < 1.29 is 18.0 Å². The van der Waals surface area contributed by atoms with E-state index in [1.54, 1.807) is 0 Å². The van der Waals surface area contributed by atoms with E-state index >= 15 is 0 Å². The Morgan fingerprint density at radius 3 is 2.84 bits per heavy atom. The van der Waals surface area contributed by atoms with Crippen molar-refractivity contribution in [2.45, 2.75) is 19.0 Å². The first kappa shape index (κ1) is 13.6. The molecule has 0 radical (unpaired) electrons. The average Bonchev–Trinajstić information content (AvgIpc) is 2.37. The number of likely N-dealkylation sites (tertiary alicyclic amines) is 1. The minimum Gasteiger partial charge on any atom is -0.399 e. The highest BCUT2D eigenvalue weighted by atomic mass is 19.4. The lowest BCUT2D eigenvalue weighted by Gasteiger charge is -2.33. The SMILES string of the molecule is Nc1ccnc(C(=O)N2CCCC(C(F)(F)F)C2)c1. The Morgan fingerprint density at radius 1 is 1.47 bits per heavy atom. The fraction of sp³-hybridized carbons (Fsp3) is 0.500. The molecular formula is C12H14F3N3O. The number of rotatable bonds is 1. The Bertz CT molecular complexity index is 476. The summed E-state index contributed by atoms with van der Waals surface area (Å²) < 4.78 is 38.0. The number of carbonyl (C=O) groups is 1. The molecule has 7 heteroatoms. The first-order valence-electron chi connectivity index (χ1n) is 5.95. The lowest BCUT2D eigenvalue weighted by atomic mass is 9.97. The maximum atomic E-state index is 12.7. The molecular weight excluding hydrogens is 259 g/mol. The molecule has 0 bridgehead atoms. The fourth-order valence-electron chi connectivity index (χ4n) is 2.15. The van der Waals surface area contributed by atoms with Gasteiger partial charge < -0.3 is 10.6 Å². The number of hydrogen-bond acceptors (Lipinski definition) is 3. The lowest BCUT2D eigenvalue weighted by Crippen LogP contribution is -2.44. The van der Waals surface area contributed by atoms with Crippen molar-refractivity contribution in [3.05, 3.63) is 24.0 Å². The van der Waals surface area contributed by atoms with E-state index in [0.717, 1.165) is 0 Å². The number of anilines is 1. The summed E-state index contributed by atoms with van der Waals surface area (Å²) in [6, 6.07) is 2.89. The van der Waals surface area contributed by atoms with E-state index in [0.29, 0.717) is 18.7 Å². The van der Waals surface area contributed by atoms with Crippen LogP contribution in [0.15, 0.2) is 18.3 Å². The predicted octanol–water partition coefficient (Wildman–Crippen LogP) is 2.08. The number of carbonyl (C=O) groups excluding carboxylic acids is 1. The zero-order valence-corrected chi connectivity index (χ0v) is 10.2. The van der Waals surface area contributed by atoms with Crippen LogP contribution in [0.25, 0.3) is 0 Å². The van der Waals surface area contributed by atoms with Crippen LogP contribution in [0.1, 0.15) is 23.3 Å². The van der Waals surface area contributed by atoms with Gasteiger partial charge in [0.1, 0.15) is 5.69 Å². The molecule has 1 fully saturated rings. The third kappa shape index (κ3) is 3.15. The monoisotopic (exact) mass is 273 g/mol. The van der Waals surface area contributed by atoms with Crippen molar-refractivity contribution in [2.24, 2.45) is 5.92 Å². The van der Waals surface area contributed by atoms with E-state index in [4.69, 9.17) is 5.73 Å². The lowest BCUT2D eigenvalue weighted by molar-refractivity contribution is -0.184. The van der Waals surface area contributed by atoms with Crippen LogP contribution in [0.5, 0.6) is 0 Å². The minimum absolute atomic E-state index is 0.0671. The summed E-state index contributed by atoms with van der Waals surface area (Å²) in [6.07, 6.45) is -2.48. The molecule has 2 N–H and O–H groups in total. The van der Waals surface area contributed by atoms with E-state index < -0.39 is 18.0 Å². The van der Waals surface area contributed by atoms with Gasteiger partial charge in [-0.3, -0.25) is 9.78 Å².